The monoisotopic (exact) mass is 281 g/mol. The summed E-state index contributed by atoms with van der Waals surface area (Å²) in [4.78, 5) is 0. The molecule has 1 aromatic rings. The Kier molecular flexibility index (Phi) is 5.13. The molecular formula is C16H24FNO2. The topological polar surface area (TPSA) is 30.5 Å². The van der Waals surface area contributed by atoms with Gasteiger partial charge in [-0.15, -0.1) is 0 Å². The van der Waals surface area contributed by atoms with E-state index < -0.39 is 0 Å². The van der Waals surface area contributed by atoms with Gasteiger partial charge in [-0.2, -0.15) is 0 Å². The summed E-state index contributed by atoms with van der Waals surface area (Å²) in [6, 6.07) is 5.34. The summed E-state index contributed by atoms with van der Waals surface area (Å²) in [5, 5.41) is 3.36. The van der Waals surface area contributed by atoms with Crippen LogP contribution in [0.5, 0.6) is 0 Å². The third-order valence-electron chi connectivity index (χ3n) is 4.10. The molecular weight excluding hydrogens is 257 g/mol. The van der Waals surface area contributed by atoms with Crippen LogP contribution in [0.25, 0.3) is 0 Å². The van der Waals surface area contributed by atoms with Gasteiger partial charge in [0.05, 0.1) is 11.6 Å². The lowest BCUT2D eigenvalue weighted by molar-refractivity contribution is -0.127. The number of ether oxygens (including phenoxy) is 2. The van der Waals surface area contributed by atoms with Crippen molar-refractivity contribution in [3.63, 3.8) is 0 Å². The third kappa shape index (κ3) is 3.03. The molecule has 1 fully saturated rings. The molecule has 20 heavy (non-hydrogen) atoms. The average Bonchev–Trinajstić information content (AvgIpc) is 2.45. The van der Waals surface area contributed by atoms with Gasteiger partial charge in [-0.1, -0.05) is 12.1 Å². The van der Waals surface area contributed by atoms with E-state index in [0.717, 1.165) is 18.4 Å². The smallest absolute Gasteiger partial charge is 0.126 e. The minimum Gasteiger partial charge on any atom is -0.381 e. The van der Waals surface area contributed by atoms with E-state index >= 15 is 0 Å². The molecule has 112 valence electrons. The first-order valence-corrected chi connectivity index (χ1v) is 7.28. The summed E-state index contributed by atoms with van der Waals surface area (Å²) in [5.41, 5.74) is 1.47. The van der Waals surface area contributed by atoms with Crippen LogP contribution in [0.2, 0.25) is 0 Å². The summed E-state index contributed by atoms with van der Waals surface area (Å²) >= 11 is 0. The van der Waals surface area contributed by atoms with Gasteiger partial charge >= 0.3 is 0 Å². The Labute approximate surface area is 120 Å². The Bertz CT molecular complexity index is 439. The van der Waals surface area contributed by atoms with Gasteiger partial charge in [0.2, 0.25) is 0 Å². The molecule has 3 nitrogen and oxygen atoms in total. The Morgan fingerprint density at radius 1 is 1.40 bits per heavy atom. The Hall–Kier alpha value is -0.970. The summed E-state index contributed by atoms with van der Waals surface area (Å²) in [6.07, 6.45) is 1.70. The molecule has 1 unspecified atom stereocenters. The Balaban J connectivity index is 2.34. The molecule has 1 N–H and O–H groups in total. The van der Waals surface area contributed by atoms with E-state index in [1.807, 2.05) is 26.1 Å². The van der Waals surface area contributed by atoms with Gasteiger partial charge in [0, 0.05) is 32.7 Å². The minimum absolute atomic E-state index is 0.0469. The fourth-order valence-electron chi connectivity index (χ4n) is 3.10. The van der Waals surface area contributed by atoms with Crippen molar-refractivity contribution in [1.29, 1.82) is 0 Å². The fraction of sp³-hybridized carbons (Fsp3) is 0.625. The van der Waals surface area contributed by atoms with E-state index in [-0.39, 0.29) is 17.5 Å². The van der Waals surface area contributed by atoms with Gasteiger partial charge in [-0.05, 0) is 38.1 Å². The van der Waals surface area contributed by atoms with Crippen molar-refractivity contribution in [2.24, 2.45) is 0 Å². The minimum atomic E-state index is -0.272. The number of nitrogens with one attached hydrogen (secondary N) is 1. The van der Waals surface area contributed by atoms with E-state index in [0.29, 0.717) is 25.4 Å². The van der Waals surface area contributed by atoms with Crippen LogP contribution in [0.4, 0.5) is 4.39 Å². The predicted octanol–water partition coefficient (Wildman–Crippen LogP) is 2.98. The zero-order valence-corrected chi connectivity index (χ0v) is 12.5. The summed E-state index contributed by atoms with van der Waals surface area (Å²) in [7, 11) is 1.93. The highest BCUT2D eigenvalue weighted by Crippen LogP contribution is 2.38. The van der Waals surface area contributed by atoms with Crippen LogP contribution in [0.1, 0.15) is 36.9 Å². The molecule has 0 spiro atoms. The number of likely N-dealkylation sites (N-methyl/N-ethyl adjacent to an activating group) is 1. The average molecular weight is 281 g/mol. The number of rotatable bonds is 5. The van der Waals surface area contributed by atoms with Crippen LogP contribution in [0.3, 0.4) is 0 Å². The first-order chi connectivity index (χ1) is 9.63. The maximum atomic E-state index is 13.5. The molecule has 1 aliphatic heterocycles. The molecule has 0 saturated carbocycles. The van der Waals surface area contributed by atoms with Crippen molar-refractivity contribution < 1.29 is 13.9 Å². The summed E-state index contributed by atoms with van der Waals surface area (Å²) in [6.45, 7) is 5.89. The molecule has 4 heteroatoms. The van der Waals surface area contributed by atoms with Crippen molar-refractivity contribution in [1.82, 2.24) is 5.32 Å². The molecule has 0 radical (unpaired) electrons. The lowest BCUT2D eigenvalue weighted by Crippen LogP contribution is -2.49. The van der Waals surface area contributed by atoms with Gasteiger partial charge in [-0.25, -0.2) is 4.39 Å². The van der Waals surface area contributed by atoms with Crippen LogP contribution in [0.15, 0.2) is 18.2 Å². The zero-order valence-electron chi connectivity index (χ0n) is 12.5. The zero-order chi connectivity index (χ0) is 14.6. The quantitative estimate of drug-likeness (QED) is 0.900. The highest BCUT2D eigenvalue weighted by atomic mass is 19.1. The lowest BCUT2D eigenvalue weighted by Gasteiger charge is -2.43. The van der Waals surface area contributed by atoms with Crippen LogP contribution < -0.4 is 5.32 Å². The highest BCUT2D eigenvalue weighted by Gasteiger charge is 2.41. The molecule has 1 saturated heterocycles. The molecule has 2 rings (SSSR count). The van der Waals surface area contributed by atoms with Crippen molar-refractivity contribution >= 4 is 0 Å². The van der Waals surface area contributed by atoms with Gasteiger partial charge in [0.1, 0.15) is 5.82 Å². The van der Waals surface area contributed by atoms with Crippen LogP contribution in [0, 0.1) is 12.7 Å². The SMILES string of the molecule is CCOC1(C(NC)c2ccc(F)c(C)c2)CCOCC1. The molecule has 0 aromatic heterocycles. The third-order valence-corrected chi connectivity index (χ3v) is 4.10. The fourth-order valence-corrected chi connectivity index (χ4v) is 3.10. The van der Waals surface area contributed by atoms with Crippen LogP contribution in [-0.4, -0.2) is 32.5 Å². The summed E-state index contributed by atoms with van der Waals surface area (Å²) < 4.78 is 25.1. The first-order valence-electron chi connectivity index (χ1n) is 7.28. The van der Waals surface area contributed by atoms with E-state index in [1.165, 1.54) is 6.07 Å². The standard InChI is InChI=1S/C16H24FNO2/c1-4-20-16(7-9-19-10-8-16)15(18-3)13-5-6-14(17)12(2)11-13/h5-6,11,15,18H,4,7-10H2,1-3H3. The van der Waals surface area contributed by atoms with Crippen molar-refractivity contribution in [2.45, 2.75) is 38.3 Å². The predicted molar refractivity (Wildman–Crippen MR) is 77.3 cm³/mol. The molecule has 1 atom stereocenters. The second kappa shape index (κ2) is 6.66. The highest BCUT2D eigenvalue weighted by molar-refractivity contribution is 5.29. The Morgan fingerprint density at radius 2 is 2.10 bits per heavy atom. The number of halogens is 1. The first kappa shape index (κ1) is 15.4. The van der Waals surface area contributed by atoms with Crippen molar-refractivity contribution in [3.8, 4) is 0 Å². The molecule has 1 heterocycles. The maximum Gasteiger partial charge on any atom is 0.126 e. The number of hydrogen-bond acceptors (Lipinski definition) is 3. The van der Waals surface area contributed by atoms with Crippen LogP contribution in [-0.2, 0) is 9.47 Å². The van der Waals surface area contributed by atoms with Gasteiger partial charge < -0.3 is 14.8 Å². The molecule has 0 bridgehead atoms. The van der Waals surface area contributed by atoms with E-state index in [2.05, 4.69) is 5.32 Å². The second-order valence-electron chi connectivity index (χ2n) is 5.34. The van der Waals surface area contributed by atoms with Gasteiger partial charge in [0.25, 0.3) is 0 Å². The maximum absolute atomic E-state index is 13.5. The van der Waals surface area contributed by atoms with Crippen molar-refractivity contribution in [3.05, 3.63) is 35.1 Å². The molecule has 1 aliphatic rings. The Morgan fingerprint density at radius 3 is 2.65 bits per heavy atom. The van der Waals surface area contributed by atoms with E-state index in [4.69, 9.17) is 9.47 Å². The number of aryl methyl sites for hydroxylation is 1. The largest absolute Gasteiger partial charge is 0.381 e. The van der Waals surface area contributed by atoms with E-state index in [9.17, 15) is 4.39 Å². The second-order valence-corrected chi connectivity index (χ2v) is 5.34. The number of hydrogen-bond donors (Lipinski definition) is 1. The van der Waals surface area contributed by atoms with Crippen molar-refractivity contribution in [2.75, 3.05) is 26.9 Å². The van der Waals surface area contributed by atoms with Gasteiger partial charge in [-0.3, -0.25) is 0 Å². The molecule has 1 aromatic carbocycles. The van der Waals surface area contributed by atoms with Crippen LogP contribution >= 0.6 is 0 Å². The van der Waals surface area contributed by atoms with E-state index in [1.54, 1.807) is 6.92 Å². The lowest BCUT2D eigenvalue weighted by atomic mass is 9.81. The number of benzene rings is 1. The normalized spacial score (nSPS) is 19.8. The summed E-state index contributed by atoms with van der Waals surface area (Å²) in [5.74, 6) is -0.166. The molecule has 0 amide bonds. The van der Waals surface area contributed by atoms with Gasteiger partial charge in [0.15, 0.2) is 0 Å². The molecule has 0 aliphatic carbocycles.